The van der Waals surface area contributed by atoms with E-state index >= 15 is 0 Å². The van der Waals surface area contributed by atoms with Crippen LogP contribution in [0.3, 0.4) is 0 Å². The molecule has 4 atom stereocenters. The van der Waals surface area contributed by atoms with E-state index in [-0.39, 0.29) is 95.7 Å². The first-order valence-electron chi connectivity index (χ1n) is 28.8. The topological polar surface area (TPSA) is 275 Å². The summed E-state index contributed by atoms with van der Waals surface area (Å²) < 4.78 is 70.5. The maximum absolute atomic E-state index is 14.8. The predicted molar refractivity (Wildman–Crippen MR) is 316 cm³/mol. The number of nitrogens with two attached hydrogens (primary N) is 1. The van der Waals surface area contributed by atoms with Crippen LogP contribution in [0.4, 0.5) is 29.1 Å². The lowest BCUT2D eigenvalue weighted by molar-refractivity contribution is -0.274. The molecular formula is C61H71F4N11O10S. The Morgan fingerprint density at radius 2 is 1.62 bits per heavy atom. The van der Waals surface area contributed by atoms with Crippen molar-refractivity contribution in [3.05, 3.63) is 107 Å². The van der Waals surface area contributed by atoms with Crippen LogP contribution in [-0.4, -0.2) is 148 Å². The van der Waals surface area contributed by atoms with Gasteiger partial charge < -0.3 is 60.7 Å². The summed E-state index contributed by atoms with van der Waals surface area (Å²) in [6.07, 6.45) is -1.61. The number of nitrogen functional groups attached to an aromatic ring is 1. The highest BCUT2D eigenvalue weighted by Crippen LogP contribution is 2.41. The third-order valence-corrected chi connectivity index (χ3v) is 16.4. The third kappa shape index (κ3) is 16.1. The number of anilines is 2. The summed E-state index contributed by atoms with van der Waals surface area (Å²) in [7, 11) is 0. The van der Waals surface area contributed by atoms with Crippen LogP contribution in [0.25, 0.3) is 32.6 Å². The molecule has 464 valence electrons. The number of hydrogen-bond donors (Lipinski definition) is 6. The second-order valence-corrected chi connectivity index (χ2v) is 23.9. The van der Waals surface area contributed by atoms with E-state index in [2.05, 4.69) is 41.0 Å². The molecule has 1 saturated carbocycles. The minimum Gasteiger partial charge on any atom is -0.406 e. The number of rotatable bonds is 26. The molecule has 6 aromatic rings. The van der Waals surface area contributed by atoms with Crippen LogP contribution in [0.15, 0.2) is 84.8 Å². The number of fused-ring (bicyclic) bond motifs is 2. The van der Waals surface area contributed by atoms with Crippen LogP contribution in [0, 0.1) is 12.3 Å². The highest BCUT2D eigenvalue weighted by atomic mass is 32.1. The van der Waals surface area contributed by atoms with Crippen molar-refractivity contribution < 1.29 is 65.6 Å². The molecule has 0 bridgehead atoms. The van der Waals surface area contributed by atoms with Crippen LogP contribution in [0.2, 0.25) is 0 Å². The van der Waals surface area contributed by atoms with E-state index in [4.69, 9.17) is 15.2 Å². The van der Waals surface area contributed by atoms with Crippen molar-refractivity contribution in [1.29, 1.82) is 0 Å². The number of thiazole rings is 1. The minimum absolute atomic E-state index is 0.0571. The van der Waals surface area contributed by atoms with Gasteiger partial charge in [-0.1, -0.05) is 63.2 Å². The summed E-state index contributed by atoms with van der Waals surface area (Å²) in [6.45, 7) is 8.95. The molecule has 7 N–H and O–H groups in total. The van der Waals surface area contributed by atoms with Gasteiger partial charge in [-0.25, -0.2) is 19.3 Å². The molecule has 87 heavy (non-hydrogen) atoms. The molecule has 0 radical (unpaired) electrons. The van der Waals surface area contributed by atoms with Crippen molar-refractivity contribution in [1.82, 2.24) is 45.7 Å². The summed E-state index contributed by atoms with van der Waals surface area (Å²) in [5, 5.41) is 22.7. The van der Waals surface area contributed by atoms with Crippen LogP contribution in [0.5, 0.6) is 5.75 Å². The van der Waals surface area contributed by atoms with Crippen LogP contribution >= 0.6 is 11.3 Å². The Balaban J connectivity index is 0.698. The Labute approximate surface area is 503 Å². The largest absolute Gasteiger partial charge is 0.573 e. The number of aliphatic hydroxyl groups excluding tert-OH is 1. The van der Waals surface area contributed by atoms with Gasteiger partial charge in [-0.05, 0) is 90.1 Å². The van der Waals surface area contributed by atoms with Gasteiger partial charge in [0.05, 0.1) is 72.9 Å². The molecular weight excluding hydrogens is 1150 g/mol. The molecule has 3 aromatic carbocycles. The number of aliphatic hydroxyl groups is 1. The summed E-state index contributed by atoms with van der Waals surface area (Å²) in [4.78, 5) is 97.6. The number of amides is 6. The number of halogens is 4. The van der Waals surface area contributed by atoms with Gasteiger partial charge in [-0.15, -0.1) is 24.5 Å². The first-order valence-corrected chi connectivity index (χ1v) is 29.7. The molecule has 1 aliphatic carbocycles. The van der Waals surface area contributed by atoms with Crippen molar-refractivity contribution in [3.8, 4) is 27.3 Å². The second kappa shape index (κ2) is 27.3. The summed E-state index contributed by atoms with van der Waals surface area (Å²) in [5.74, 6) is -3.09. The van der Waals surface area contributed by atoms with Crippen molar-refractivity contribution in [2.24, 2.45) is 5.41 Å². The fourth-order valence-corrected chi connectivity index (χ4v) is 11.6. The van der Waals surface area contributed by atoms with Gasteiger partial charge in [-0.2, -0.15) is 0 Å². The molecule has 3 aromatic heterocycles. The average Bonchev–Trinajstić information content (AvgIpc) is 1.72. The van der Waals surface area contributed by atoms with Crippen LogP contribution in [0.1, 0.15) is 87.7 Å². The molecule has 0 unspecified atom stereocenters. The lowest BCUT2D eigenvalue weighted by atomic mass is 9.85. The van der Waals surface area contributed by atoms with E-state index in [0.29, 0.717) is 60.3 Å². The molecule has 2 fully saturated rings. The fourth-order valence-electron chi connectivity index (χ4n) is 10.7. The number of β-amino-alcohol motifs (C(OH)–C–C–N with tert-alkyl or cyclic N) is 1. The fraction of sp³-hybridized carbons (Fsp3) is 0.459. The smallest absolute Gasteiger partial charge is 0.406 e. The Kier molecular flexibility index (Phi) is 19.9. The Morgan fingerprint density at radius 1 is 0.885 bits per heavy atom. The van der Waals surface area contributed by atoms with Crippen molar-refractivity contribution >= 4 is 69.3 Å². The standard InChI is InChI=1S/C61H71F4N11O10S/c1-36-52(87-35-71-36)39-11-9-38(10-12-39)45(72-56(81)47-30-42(77)32-76(47)57(82)53(59(2,3)4)73-58(83)60(62)17-18-60)31-49(79)68-20-24-85-26-25-84-23-16-48(78)67-19-6-21-74-33-44(51-54(66)69-34-70-55(51)74)40-13-14-46-41(29-40)15-22-75(46)50(80)28-37-7-5-8-43(27-37)86-61(63,64)65/h5,7-14,27,29,33-35,42,45,47,53,77H,6,15-26,28,30-32H2,1-4H3,(H,67,78)(H,68,79)(H,72,81)(H,73,83)(H2,66,69,70)/t42-,45+,47+,53+/m1/s1. The SMILES string of the molecule is Cc1ncsc1-c1ccc([C@H](CC(=O)NCCOCCOCCC(=O)NCCCn2cc(-c3ccc4c(c3)CCN4C(=O)Cc3cccc(OC(F)(F)F)c3)c3c(N)ncnc32)NC(=O)[C@@H]2C[C@@H](O)CN2C(=O)[C@H](NC(=O)C2(F)CC2)C(C)(C)C)cc1. The van der Waals surface area contributed by atoms with E-state index < -0.39 is 71.1 Å². The van der Waals surface area contributed by atoms with Gasteiger partial charge in [0.15, 0.2) is 5.67 Å². The number of aromatic nitrogens is 4. The van der Waals surface area contributed by atoms with Crippen molar-refractivity contribution in [3.63, 3.8) is 0 Å². The van der Waals surface area contributed by atoms with E-state index in [1.54, 1.807) is 49.4 Å². The first-order chi connectivity index (χ1) is 41.4. The molecule has 2 aliphatic heterocycles. The lowest BCUT2D eigenvalue weighted by Gasteiger charge is -2.36. The number of benzene rings is 3. The van der Waals surface area contributed by atoms with E-state index in [1.807, 2.05) is 48.0 Å². The number of carbonyl (C=O) groups excluding carboxylic acids is 6. The number of likely N-dealkylation sites (tertiary alicyclic amines) is 1. The number of hydrogen-bond acceptors (Lipinski definition) is 15. The number of carbonyl (C=O) groups is 6. The zero-order chi connectivity index (χ0) is 62.2. The molecule has 3 aliphatic rings. The quantitative estimate of drug-likeness (QED) is 0.0252. The van der Waals surface area contributed by atoms with Gasteiger partial charge in [-0.3, -0.25) is 28.8 Å². The van der Waals surface area contributed by atoms with Gasteiger partial charge in [0.2, 0.25) is 29.5 Å². The highest BCUT2D eigenvalue weighted by Gasteiger charge is 2.53. The summed E-state index contributed by atoms with van der Waals surface area (Å²) in [6, 6.07) is 15.3. The molecule has 6 amide bonds. The van der Waals surface area contributed by atoms with Crippen LogP contribution < -0.4 is 36.6 Å². The number of ether oxygens (including phenoxy) is 3. The van der Waals surface area contributed by atoms with Gasteiger partial charge >= 0.3 is 6.36 Å². The molecule has 26 heteroatoms. The van der Waals surface area contributed by atoms with Gasteiger partial charge in [0, 0.05) is 63.0 Å². The zero-order valence-corrected chi connectivity index (χ0v) is 49.5. The maximum atomic E-state index is 14.8. The number of aryl methyl sites for hydroxylation is 2. The average molecular weight is 1230 g/mol. The van der Waals surface area contributed by atoms with Gasteiger partial charge in [0.25, 0.3) is 5.91 Å². The highest BCUT2D eigenvalue weighted by molar-refractivity contribution is 7.13. The number of nitrogens with one attached hydrogen (secondary N) is 4. The Hall–Kier alpha value is -8.07. The minimum atomic E-state index is -4.85. The molecule has 0 spiro atoms. The van der Waals surface area contributed by atoms with Gasteiger partial charge in [0.1, 0.15) is 35.6 Å². The zero-order valence-electron chi connectivity index (χ0n) is 48.7. The van der Waals surface area contributed by atoms with Crippen molar-refractivity contribution in [2.75, 3.05) is 63.2 Å². The summed E-state index contributed by atoms with van der Waals surface area (Å²) in [5.41, 5.74) is 11.9. The second-order valence-electron chi connectivity index (χ2n) is 23.0. The Bertz CT molecular complexity index is 3480. The summed E-state index contributed by atoms with van der Waals surface area (Å²) >= 11 is 1.48. The molecule has 21 nitrogen and oxygen atoms in total. The normalized spacial score (nSPS) is 16.9. The molecule has 5 heterocycles. The maximum Gasteiger partial charge on any atom is 0.573 e. The lowest BCUT2D eigenvalue weighted by Crippen LogP contribution is -2.59. The molecule has 9 rings (SSSR count). The molecule has 1 saturated heterocycles. The van der Waals surface area contributed by atoms with E-state index in [0.717, 1.165) is 32.8 Å². The Morgan fingerprint density at radius 3 is 2.33 bits per heavy atom. The van der Waals surface area contributed by atoms with E-state index in [1.165, 1.54) is 40.8 Å². The first kappa shape index (κ1) is 63.4. The van der Waals surface area contributed by atoms with Crippen LogP contribution in [-0.2, 0) is 57.6 Å². The predicted octanol–water partition coefficient (Wildman–Crippen LogP) is 6.43. The van der Waals surface area contributed by atoms with E-state index in [9.17, 15) is 51.4 Å². The third-order valence-electron chi connectivity index (χ3n) is 15.4. The monoisotopic (exact) mass is 1230 g/mol. The van der Waals surface area contributed by atoms with Crippen molar-refractivity contribution in [2.45, 2.75) is 122 Å². The number of alkyl halides is 4. The number of nitrogens with zero attached hydrogens (tertiary/aromatic N) is 6.